The van der Waals surface area contributed by atoms with Crippen molar-refractivity contribution in [3.8, 4) is 11.5 Å². The van der Waals surface area contributed by atoms with E-state index in [1.165, 1.54) is 0 Å². The highest BCUT2D eigenvalue weighted by molar-refractivity contribution is 5.96. The zero-order valence-electron chi connectivity index (χ0n) is 14.4. The van der Waals surface area contributed by atoms with E-state index < -0.39 is 0 Å². The van der Waals surface area contributed by atoms with Gasteiger partial charge in [-0.25, -0.2) is 4.98 Å². The van der Waals surface area contributed by atoms with E-state index in [0.717, 1.165) is 5.56 Å². The number of ether oxygens (including phenoxy) is 2. The number of methoxy groups -OCH3 is 2. The third kappa shape index (κ3) is 4.16. The second-order valence-electron chi connectivity index (χ2n) is 5.43. The lowest BCUT2D eigenvalue weighted by atomic mass is 10.1. The van der Waals surface area contributed by atoms with Crippen molar-refractivity contribution in [2.24, 2.45) is 0 Å². The Bertz CT molecular complexity index is 709. The summed E-state index contributed by atoms with van der Waals surface area (Å²) in [6, 6.07) is 3.44. The molecule has 0 aliphatic heterocycles. The van der Waals surface area contributed by atoms with Gasteiger partial charge in [-0.1, -0.05) is 12.2 Å². The first-order valence-corrected chi connectivity index (χ1v) is 7.74. The summed E-state index contributed by atoms with van der Waals surface area (Å²) in [5.74, 6) is 0.980. The molecule has 0 radical (unpaired) electrons. The van der Waals surface area contributed by atoms with Gasteiger partial charge in [0.15, 0.2) is 11.5 Å². The van der Waals surface area contributed by atoms with Crippen LogP contribution in [-0.2, 0) is 6.54 Å². The molecular formula is C18H23N3O3. The number of hydrogen-bond donors (Lipinski definition) is 1. The monoisotopic (exact) mass is 329 g/mol. The van der Waals surface area contributed by atoms with E-state index in [1.807, 2.05) is 36.8 Å². The molecule has 0 fully saturated rings. The minimum absolute atomic E-state index is 0.0371. The molecule has 1 heterocycles. The smallest absolute Gasteiger partial charge is 0.251 e. The summed E-state index contributed by atoms with van der Waals surface area (Å²) >= 11 is 0. The Kier molecular flexibility index (Phi) is 6.01. The van der Waals surface area contributed by atoms with Crippen LogP contribution in [0, 0.1) is 0 Å². The van der Waals surface area contributed by atoms with Crippen LogP contribution in [0.3, 0.4) is 0 Å². The van der Waals surface area contributed by atoms with Crippen molar-refractivity contribution in [2.75, 3.05) is 14.2 Å². The van der Waals surface area contributed by atoms with Crippen LogP contribution in [-0.4, -0.2) is 35.7 Å². The van der Waals surface area contributed by atoms with Crippen LogP contribution in [0.2, 0.25) is 0 Å². The van der Waals surface area contributed by atoms with Crippen LogP contribution in [0.15, 0.2) is 36.9 Å². The number of carbonyl (C=O) groups is 1. The molecule has 1 atom stereocenters. The first-order valence-electron chi connectivity index (χ1n) is 7.74. The van der Waals surface area contributed by atoms with Gasteiger partial charge in [0.25, 0.3) is 5.91 Å². The highest BCUT2D eigenvalue weighted by atomic mass is 16.5. The average molecular weight is 329 g/mol. The molecule has 0 aliphatic rings. The molecule has 0 aliphatic carbocycles. The number of nitrogens with one attached hydrogen (secondary N) is 1. The van der Waals surface area contributed by atoms with E-state index in [2.05, 4.69) is 10.3 Å². The minimum Gasteiger partial charge on any atom is -0.493 e. The molecular weight excluding hydrogens is 306 g/mol. The lowest BCUT2D eigenvalue weighted by Gasteiger charge is -2.16. The van der Waals surface area contributed by atoms with Gasteiger partial charge in [0, 0.05) is 36.1 Å². The Morgan fingerprint density at radius 3 is 2.75 bits per heavy atom. The van der Waals surface area contributed by atoms with Crippen molar-refractivity contribution in [3.05, 3.63) is 48.1 Å². The van der Waals surface area contributed by atoms with Crippen LogP contribution in [0.1, 0.15) is 29.8 Å². The standard InChI is InChI=1S/C18H23N3O3/c1-5-6-14-9-15(10-16(23-3)17(14)24-4)18(22)20-13(2)11-21-8-7-19-12-21/h5-10,12-13H,11H2,1-4H3,(H,20,22)/b6-5+. The lowest BCUT2D eigenvalue weighted by molar-refractivity contribution is 0.0936. The van der Waals surface area contributed by atoms with E-state index in [-0.39, 0.29) is 11.9 Å². The number of allylic oxidation sites excluding steroid dienone is 1. The highest BCUT2D eigenvalue weighted by Crippen LogP contribution is 2.33. The SMILES string of the molecule is C/C=C/c1cc(C(=O)NC(C)Cn2ccnc2)cc(OC)c1OC. The van der Waals surface area contributed by atoms with Crippen LogP contribution >= 0.6 is 0 Å². The number of aromatic nitrogens is 2. The fraction of sp³-hybridized carbons (Fsp3) is 0.333. The van der Waals surface area contributed by atoms with E-state index in [0.29, 0.717) is 23.6 Å². The molecule has 0 saturated carbocycles. The minimum atomic E-state index is -0.158. The molecule has 2 aromatic rings. The summed E-state index contributed by atoms with van der Waals surface area (Å²) in [6.07, 6.45) is 9.08. The van der Waals surface area contributed by atoms with E-state index in [4.69, 9.17) is 9.47 Å². The molecule has 1 N–H and O–H groups in total. The van der Waals surface area contributed by atoms with Crippen molar-refractivity contribution in [1.29, 1.82) is 0 Å². The molecule has 6 nitrogen and oxygen atoms in total. The zero-order valence-corrected chi connectivity index (χ0v) is 14.4. The fourth-order valence-corrected chi connectivity index (χ4v) is 2.49. The fourth-order valence-electron chi connectivity index (χ4n) is 2.49. The van der Waals surface area contributed by atoms with Gasteiger partial charge in [-0.15, -0.1) is 0 Å². The molecule has 24 heavy (non-hydrogen) atoms. The quantitative estimate of drug-likeness (QED) is 0.848. The van der Waals surface area contributed by atoms with Gasteiger partial charge >= 0.3 is 0 Å². The third-order valence-corrected chi connectivity index (χ3v) is 3.54. The van der Waals surface area contributed by atoms with Crippen LogP contribution in [0.5, 0.6) is 11.5 Å². The number of hydrogen-bond acceptors (Lipinski definition) is 4. The Morgan fingerprint density at radius 1 is 1.38 bits per heavy atom. The van der Waals surface area contributed by atoms with Gasteiger partial charge in [0.05, 0.1) is 20.5 Å². The molecule has 0 spiro atoms. The Morgan fingerprint density at radius 2 is 2.17 bits per heavy atom. The molecule has 1 aromatic carbocycles. The van der Waals surface area contributed by atoms with E-state index >= 15 is 0 Å². The van der Waals surface area contributed by atoms with Gasteiger partial charge in [0.1, 0.15) is 0 Å². The molecule has 0 bridgehead atoms. The molecule has 1 unspecified atom stereocenters. The number of rotatable bonds is 7. The summed E-state index contributed by atoms with van der Waals surface area (Å²) in [5.41, 5.74) is 1.32. The van der Waals surface area contributed by atoms with Crippen LogP contribution in [0.25, 0.3) is 6.08 Å². The number of carbonyl (C=O) groups excluding carboxylic acids is 1. The number of imidazole rings is 1. The van der Waals surface area contributed by atoms with E-state index in [9.17, 15) is 4.79 Å². The summed E-state index contributed by atoms with van der Waals surface area (Å²) in [7, 11) is 3.14. The van der Waals surface area contributed by atoms with Crippen molar-refractivity contribution in [2.45, 2.75) is 26.4 Å². The number of nitrogens with zero attached hydrogens (tertiary/aromatic N) is 2. The van der Waals surface area contributed by atoms with Crippen molar-refractivity contribution in [1.82, 2.24) is 14.9 Å². The van der Waals surface area contributed by atoms with Gasteiger partial charge in [0.2, 0.25) is 0 Å². The maximum Gasteiger partial charge on any atom is 0.251 e. The van der Waals surface area contributed by atoms with E-state index in [1.54, 1.807) is 38.9 Å². The molecule has 128 valence electrons. The first kappa shape index (κ1) is 17.6. The Balaban J connectivity index is 2.20. The summed E-state index contributed by atoms with van der Waals surface area (Å²) in [5, 5.41) is 2.98. The Hall–Kier alpha value is -2.76. The number of benzene rings is 1. The molecule has 6 heteroatoms. The van der Waals surface area contributed by atoms with Crippen LogP contribution in [0.4, 0.5) is 0 Å². The second-order valence-corrected chi connectivity index (χ2v) is 5.43. The lowest BCUT2D eigenvalue weighted by Crippen LogP contribution is -2.35. The zero-order chi connectivity index (χ0) is 17.5. The summed E-state index contributed by atoms with van der Waals surface area (Å²) in [6.45, 7) is 4.51. The molecule has 0 saturated heterocycles. The second kappa shape index (κ2) is 8.19. The largest absolute Gasteiger partial charge is 0.493 e. The van der Waals surface area contributed by atoms with Crippen molar-refractivity contribution < 1.29 is 14.3 Å². The summed E-state index contributed by atoms with van der Waals surface area (Å²) in [4.78, 5) is 16.5. The molecule has 2 rings (SSSR count). The maximum atomic E-state index is 12.6. The topological polar surface area (TPSA) is 65.4 Å². The maximum absolute atomic E-state index is 12.6. The normalized spacial score (nSPS) is 12.2. The van der Waals surface area contributed by atoms with Crippen molar-refractivity contribution in [3.63, 3.8) is 0 Å². The third-order valence-electron chi connectivity index (χ3n) is 3.54. The van der Waals surface area contributed by atoms with Gasteiger partial charge in [-0.05, 0) is 26.0 Å². The van der Waals surface area contributed by atoms with Gasteiger partial charge in [-0.2, -0.15) is 0 Å². The average Bonchev–Trinajstić information content (AvgIpc) is 3.06. The Labute approximate surface area is 142 Å². The molecule has 1 amide bonds. The first-order chi connectivity index (χ1) is 11.6. The molecule has 1 aromatic heterocycles. The summed E-state index contributed by atoms with van der Waals surface area (Å²) < 4.78 is 12.7. The van der Waals surface area contributed by atoms with Crippen molar-refractivity contribution >= 4 is 12.0 Å². The van der Waals surface area contributed by atoms with Crippen LogP contribution < -0.4 is 14.8 Å². The predicted octanol–water partition coefficient (Wildman–Crippen LogP) is 2.75. The predicted molar refractivity (Wildman–Crippen MR) is 93.4 cm³/mol. The number of amides is 1. The van der Waals surface area contributed by atoms with Gasteiger partial charge < -0.3 is 19.4 Å². The highest BCUT2D eigenvalue weighted by Gasteiger charge is 2.16. The van der Waals surface area contributed by atoms with Gasteiger partial charge in [-0.3, -0.25) is 4.79 Å².